The predicted molar refractivity (Wildman–Crippen MR) is 109 cm³/mol. The number of likely N-dealkylation sites (N-methyl/N-ethyl adjacent to an activating group) is 1. The molecule has 1 N–H and O–H groups in total. The Labute approximate surface area is 159 Å². The monoisotopic (exact) mass is 362 g/mol. The number of aryl methyl sites for hydroxylation is 1. The first kappa shape index (κ1) is 20.7. The molecule has 0 spiro atoms. The molecule has 2 heterocycles. The molecule has 2 atom stereocenters. The van der Waals surface area contributed by atoms with Gasteiger partial charge in [0.2, 0.25) is 0 Å². The molecular formula is C20H38N6. The second-order valence-electron chi connectivity index (χ2n) is 7.69. The molecule has 1 aliphatic rings. The molecule has 0 radical (unpaired) electrons. The number of rotatable bonds is 8. The van der Waals surface area contributed by atoms with E-state index in [1.165, 1.54) is 24.8 Å². The minimum atomic E-state index is 0.245. The van der Waals surface area contributed by atoms with Gasteiger partial charge in [0.25, 0.3) is 0 Å². The Kier molecular flexibility index (Phi) is 7.94. The van der Waals surface area contributed by atoms with Crippen LogP contribution in [0.15, 0.2) is 17.4 Å². The Balaban J connectivity index is 2.08. The molecule has 1 saturated heterocycles. The van der Waals surface area contributed by atoms with Crippen molar-refractivity contribution in [1.29, 1.82) is 0 Å². The van der Waals surface area contributed by atoms with Crippen molar-refractivity contribution in [2.75, 3.05) is 40.3 Å². The zero-order chi connectivity index (χ0) is 19.1. The predicted octanol–water partition coefficient (Wildman–Crippen LogP) is 2.75. The van der Waals surface area contributed by atoms with Gasteiger partial charge in [0.15, 0.2) is 5.96 Å². The Bertz CT molecular complexity index is 560. The number of aliphatic imine (C=N–C) groups is 1. The van der Waals surface area contributed by atoms with Gasteiger partial charge in [-0.2, -0.15) is 5.10 Å². The maximum atomic E-state index is 5.00. The number of hydrogen-bond donors (Lipinski definition) is 1. The summed E-state index contributed by atoms with van der Waals surface area (Å²) in [6.07, 6.45) is 7.90. The van der Waals surface area contributed by atoms with Crippen molar-refractivity contribution in [2.24, 2.45) is 23.9 Å². The van der Waals surface area contributed by atoms with Gasteiger partial charge in [0.1, 0.15) is 0 Å². The third-order valence-corrected chi connectivity index (χ3v) is 5.72. The molecule has 148 valence electrons. The van der Waals surface area contributed by atoms with Crippen LogP contribution >= 0.6 is 0 Å². The Morgan fingerprint density at radius 3 is 2.62 bits per heavy atom. The van der Waals surface area contributed by atoms with Crippen LogP contribution in [0.25, 0.3) is 0 Å². The van der Waals surface area contributed by atoms with Crippen molar-refractivity contribution in [1.82, 2.24) is 24.9 Å². The van der Waals surface area contributed by atoms with Gasteiger partial charge in [-0.3, -0.25) is 9.67 Å². The van der Waals surface area contributed by atoms with E-state index in [9.17, 15) is 0 Å². The first-order valence-electron chi connectivity index (χ1n) is 10.2. The lowest BCUT2D eigenvalue weighted by molar-refractivity contribution is 0.303. The van der Waals surface area contributed by atoms with Crippen LogP contribution in [0.4, 0.5) is 0 Å². The highest BCUT2D eigenvalue weighted by Crippen LogP contribution is 2.29. The van der Waals surface area contributed by atoms with Gasteiger partial charge < -0.3 is 15.1 Å². The molecule has 1 fully saturated rings. The van der Waals surface area contributed by atoms with Crippen LogP contribution < -0.4 is 5.32 Å². The quantitative estimate of drug-likeness (QED) is 0.571. The average molecular weight is 363 g/mol. The Morgan fingerprint density at radius 2 is 2.08 bits per heavy atom. The summed E-state index contributed by atoms with van der Waals surface area (Å²) >= 11 is 0. The van der Waals surface area contributed by atoms with Crippen LogP contribution in [0.5, 0.6) is 0 Å². The molecule has 0 aromatic carbocycles. The number of hydrogen-bond acceptors (Lipinski definition) is 3. The van der Waals surface area contributed by atoms with E-state index >= 15 is 0 Å². The van der Waals surface area contributed by atoms with Crippen molar-refractivity contribution in [2.45, 2.75) is 46.1 Å². The smallest absolute Gasteiger partial charge is 0.193 e. The second kappa shape index (κ2) is 9.95. The van der Waals surface area contributed by atoms with E-state index in [0.29, 0.717) is 0 Å². The van der Waals surface area contributed by atoms with E-state index in [1.54, 1.807) is 0 Å². The normalized spacial score (nSPS) is 19.6. The van der Waals surface area contributed by atoms with Gasteiger partial charge in [-0.25, -0.2) is 0 Å². The highest BCUT2D eigenvalue weighted by atomic mass is 15.3. The fourth-order valence-electron chi connectivity index (χ4n) is 4.10. The SMILES string of the molecule is CCNC(=NCC(c1cnn(C)c1)N(C)C)N1CCC(C(CC)CC)C1. The number of guanidine groups is 1. The highest BCUT2D eigenvalue weighted by molar-refractivity contribution is 5.80. The lowest BCUT2D eigenvalue weighted by atomic mass is 9.87. The highest BCUT2D eigenvalue weighted by Gasteiger charge is 2.29. The average Bonchev–Trinajstić information content (AvgIpc) is 3.25. The molecule has 0 aliphatic carbocycles. The first-order valence-corrected chi connectivity index (χ1v) is 10.2. The van der Waals surface area contributed by atoms with Gasteiger partial charge in [-0.15, -0.1) is 0 Å². The summed E-state index contributed by atoms with van der Waals surface area (Å²) in [6, 6.07) is 0.245. The maximum absolute atomic E-state index is 5.00. The summed E-state index contributed by atoms with van der Waals surface area (Å²) in [5.74, 6) is 2.71. The van der Waals surface area contributed by atoms with E-state index in [4.69, 9.17) is 4.99 Å². The van der Waals surface area contributed by atoms with Gasteiger partial charge in [0.05, 0.1) is 18.8 Å². The third-order valence-electron chi connectivity index (χ3n) is 5.72. The lowest BCUT2D eigenvalue weighted by Crippen LogP contribution is -2.41. The van der Waals surface area contributed by atoms with Crippen LogP contribution in [0.1, 0.15) is 51.6 Å². The Hall–Kier alpha value is -1.56. The largest absolute Gasteiger partial charge is 0.357 e. The zero-order valence-corrected chi connectivity index (χ0v) is 17.6. The Morgan fingerprint density at radius 1 is 1.35 bits per heavy atom. The number of nitrogens with zero attached hydrogens (tertiary/aromatic N) is 5. The van der Waals surface area contributed by atoms with Crippen LogP contribution in [0.3, 0.4) is 0 Å². The number of aromatic nitrogens is 2. The summed E-state index contributed by atoms with van der Waals surface area (Å²) in [5.41, 5.74) is 1.22. The summed E-state index contributed by atoms with van der Waals surface area (Å²) < 4.78 is 1.86. The number of likely N-dealkylation sites (tertiary alicyclic amines) is 1. The van der Waals surface area contributed by atoms with E-state index in [1.807, 2.05) is 17.9 Å². The summed E-state index contributed by atoms with van der Waals surface area (Å²) in [7, 11) is 6.18. The van der Waals surface area contributed by atoms with Crippen molar-refractivity contribution in [3.05, 3.63) is 18.0 Å². The van der Waals surface area contributed by atoms with Crippen molar-refractivity contribution >= 4 is 5.96 Å². The molecule has 0 saturated carbocycles. The number of nitrogens with one attached hydrogen (secondary N) is 1. The molecule has 2 unspecified atom stereocenters. The molecular weight excluding hydrogens is 324 g/mol. The van der Waals surface area contributed by atoms with E-state index in [2.05, 4.69) is 61.3 Å². The third kappa shape index (κ3) is 5.22. The molecule has 0 amide bonds. The second-order valence-corrected chi connectivity index (χ2v) is 7.69. The first-order chi connectivity index (χ1) is 12.5. The van der Waals surface area contributed by atoms with Gasteiger partial charge in [-0.1, -0.05) is 26.7 Å². The molecule has 6 nitrogen and oxygen atoms in total. The summed E-state index contributed by atoms with van der Waals surface area (Å²) in [6.45, 7) is 10.7. The lowest BCUT2D eigenvalue weighted by Gasteiger charge is -2.26. The molecule has 2 rings (SSSR count). The van der Waals surface area contributed by atoms with Crippen molar-refractivity contribution < 1.29 is 0 Å². The maximum Gasteiger partial charge on any atom is 0.193 e. The van der Waals surface area contributed by atoms with Gasteiger partial charge in [0, 0.05) is 38.4 Å². The molecule has 1 aromatic heterocycles. The molecule has 6 heteroatoms. The molecule has 1 aliphatic heterocycles. The van der Waals surface area contributed by atoms with E-state index in [0.717, 1.165) is 44.0 Å². The fourth-order valence-corrected chi connectivity index (χ4v) is 4.10. The van der Waals surface area contributed by atoms with Crippen molar-refractivity contribution in [3.63, 3.8) is 0 Å². The van der Waals surface area contributed by atoms with Crippen LogP contribution in [-0.2, 0) is 7.05 Å². The summed E-state index contributed by atoms with van der Waals surface area (Å²) in [5, 5.41) is 7.83. The standard InChI is InChI=1S/C20H38N6/c1-7-16(8-2)17-10-11-26(15-17)20(21-9-3)22-13-19(24(4)5)18-12-23-25(6)14-18/h12,14,16-17,19H,7-11,13,15H2,1-6H3,(H,21,22). The van der Waals surface area contributed by atoms with Gasteiger partial charge in [-0.05, 0) is 39.3 Å². The fraction of sp³-hybridized carbons (Fsp3) is 0.800. The minimum absolute atomic E-state index is 0.245. The van der Waals surface area contributed by atoms with Crippen LogP contribution in [0, 0.1) is 11.8 Å². The van der Waals surface area contributed by atoms with Crippen molar-refractivity contribution in [3.8, 4) is 0 Å². The topological polar surface area (TPSA) is 48.7 Å². The molecule has 0 bridgehead atoms. The molecule has 1 aromatic rings. The summed E-state index contributed by atoms with van der Waals surface area (Å²) in [4.78, 5) is 9.68. The van der Waals surface area contributed by atoms with Crippen LogP contribution in [0.2, 0.25) is 0 Å². The van der Waals surface area contributed by atoms with E-state index in [-0.39, 0.29) is 6.04 Å². The van der Waals surface area contributed by atoms with E-state index < -0.39 is 0 Å². The zero-order valence-electron chi connectivity index (χ0n) is 17.6. The molecule has 26 heavy (non-hydrogen) atoms. The van der Waals surface area contributed by atoms with Gasteiger partial charge >= 0.3 is 0 Å². The minimum Gasteiger partial charge on any atom is -0.357 e. The van der Waals surface area contributed by atoms with Crippen LogP contribution in [-0.4, -0.2) is 65.8 Å².